The maximum atomic E-state index is 6.05. The Morgan fingerprint density at radius 2 is 1.65 bits per heavy atom. The lowest BCUT2D eigenvalue weighted by molar-refractivity contribution is 0.634. The van der Waals surface area contributed by atoms with Gasteiger partial charge in [0.15, 0.2) is 5.82 Å². The molecule has 2 aromatic heterocycles. The first-order chi connectivity index (χ1) is 16.5. The Balaban J connectivity index is 1.30. The van der Waals surface area contributed by atoms with Crippen molar-refractivity contribution in [2.45, 2.75) is 39.5 Å². The molecule has 174 valence electrons. The van der Waals surface area contributed by atoms with Crippen LogP contribution in [-0.2, 0) is 19.3 Å². The normalized spacial score (nSPS) is 15.9. The topological polar surface area (TPSA) is 49.6 Å². The smallest absolute Gasteiger partial charge is 0.254 e. The molecule has 0 atom stereocenters. The van der Waals surface area contributed by atoms with Gasteiger partial charge in [-0.15, -0.1) is 5.10 Å². The molecule has 0 unspecified atom stereocenters. The molecule has 0 radical (unpaired) electrons. The van der Waals surface area contributed by atoms with Gasteiger partial charge in [-0.05, 0) is 62.4 Å². The lowest BCUT2D eigenvalue weighted by Gasteiger charge is -2.38. The number of nitrogens with zero attached hydrogens (tertiary/aromatic N) is 6. The van der Waals surface area contributed by atoms with Crippen LogP contribution in [-0.4, -0.2) is 45.8 Å². The van der Waals surface area contributed by atoms with E-state index < -0.39 is 0 Å². The number of anilines is 2. The molecule has 7 heteroatoms. The minimum Gasteiger partial charge on any atom is -0.368 e. The summed E-state index contributed by atoms with van der Waals surface area (Å²) in [5.74, 6) is 2.72. The highest BCUT2D eigenvalue weighted by Gasteiger charge is 2.28. The number of piperazine rings is 1. The van der Waals surface area contributed by atoms with E-state index in [1.54, 1.807) is 0 Å². The summed E-state index contributed by atoms with van der Waals surface area (Å²) in [5.41, 5.74) is 7.72. The fourth-order valence-electron chi connectivity index (χ4n) is 5.40. The zero-order valence-corrected chi connectivity index (χ0v) is 20.5. The van der Waals surface area contributed by atoms with Crippen molar-refractivity contribution < 1.29 is 0 Å². The van der Waals surface area contributed by atoms with Crippen molar-refractivity contribution in [1.82, 2.24) is 19.6 Å². The maximum Gasteiger partial charge on any atom is 0.254 e. The van der Waals surface area contributed by atoms with Crippen molar-refractivity contribution in [3.05, 3.63) is 81.3 Å². The first kappa shape index (κ1) is 21.4. The van der Waals surface area contributed by atoms with E-state index >= 15 is 0 Å². The second-order valence-corrected chi connectivity index (χ2v) is 9.96. The lowest BCUT2D eigenvalue weighted by Crippen LogP contribution is -2.47. The Kier molecular flexibility index (Phi) is 5.41. The van der Waals surface area contributed by atoms with Gasteiger partial charge in [-0.3, -0.25) is 0 Å². The van der Waals surface area contributed by atoms with Crippen molar-refractivity contribution in [3.8, 4) is 0 Å². The Morgan fingerprint density at radius 1 is 0.882 bits per heavy atom. The van der Waals surface area contributed by atoms with Gasteiger partial charge in [0.1, 0.15) is 5.82 Å². The molecule has 6 rings (SSSR count). The second kappa shape index (κ2) is 8.58. The Bertz CT molecular complexity index is 1350. The molecule has 2 aromatic carbocycles. The third kappa shape index (κ3) is 3.90. The second-order valence-electron chi connectivity index (χ2n) is 9.52. The molecule has 0 amide bonds. The lowest BCUT2D eigenvalue weighted by atomic mass is 10.1. The average molecular weight is 473 g/mol. The van der Waals surface area contributed by atoms with E-state index in [-0.39, 0.29) is 0 Å². The third-order valence-electron chi connectivity index (χ3n) is 7.08. The quantitative estimate of drug-likeness (QED) is 0.427. The van der Waals surface area contributed by atoms with Crippen LogP contribution in [0, 0.1) is 13.8 Å². The first-order valence-electron chi connectivity index (χ1n) is 12.1. The summed E-state index contributed by atoms with van der Waals surface area (Å²) < 4.78 is 2.00. The van der Waals surface area contributed by atoms with Gasteiger partial charge in [-0.2, -0.15) is 9.50 Å². The largest absolute Gasteiger partial charge is 0.368 e. The number of rotatable bonds is 4. The third-order valence-corrected chi connectivity index (χ3v) is 7.33. The fourth-order valence-corrected chi connectivity index (χ4v) is 5.53. The van der Waals surface area contributed by atoms with Crippen molar-refractivity contribution >= 4 is 28.9 Å². The van der Waals surface area contributed by atoms with Crippen LogP contribution in [0.25, 0.3) is 5.78 Å². The van der Waals surface area contributed by atoms with Gasteiger partial charge in [0.2, 0.25) is 0 Å². The van der Waals surface area contributed by atoms with Crippen molar-refractivity contribution in [2.75, 3.05) is 36.0 Å². The van der Waals surface area contributed by atoms with E-state index in [1.165, 1.54) is 33.9 Å². The van der Waals surface area contributed by atoms with Crippen LogP contribution >= 0.6 is 11.6 Å². The van der Waals surface area contributed by atoms with E-state index in [9.17, 15) is 0 Å². The van der Waals surface area contributed by atoms with E-state index in [1.807, 2.05) is 28.8 Å². The van der Waals surface area contributed by atoms with Crippen molar-refractivity contribution in [1.29, 1.82) is 0 Å². The minimum absolute atomic E-state index is 0.672. The molecule has 0 saturated carbocycles. The van der Waals surface area contributed by atoms with E-state index in [2.05, 4.69) is 41.8 Å². The van der Waals surface area contributed by atoms with Crippen LogP contribution in [0.1, 0.15) is 40.2 Å². The highest BCUT2D eigenvalue weighted by molar-refractivity contribution is 6.30. The molecular weight excluding hydrogens is 444 g/mol. The molecule has 34 heavy (non-hydrogen) atoms. The highest BCUT2D eigenvalue weighted by Crippen LogP contribution is 2.32. The Morgan fingerprint density at radius 3 is 2.41 bits per heavy atom. The van der Waals surface area contributed by atoms with Gasteiger partial charge in [0, 0.05) is 48.9 Å². The predicted molar refractivity (Wildman–Crippen MR) is 137 cm³/mol. The predicted octanol–water partition coefficient (Wildman–Crippen LogP) is 4.80. The molecular formula is C27H29ClN6. The molecule has 1 aliphatic carbocycles. The standard InChI is InChI=1S/C27H29ClN6/c1-18-6-11-24(19(2)16-18)32-12-14-33(15-13-32)26-22-4-3-5-23(22)29-27-30-25(31-34(26)27)17-20-7-9-21(28)10-8-20/h6-11,16H,3-5,12-15,17H2,1-2H3. The fraction of sp³-hybridized carbons (Fsp3) is 0.370. The number of aromatic nitrogens is 4. The zero-order chi connectivity index (χ0) is 23.2. The molecule has 1 saturated heterocycles. The van der Waals surface area contributed by atoms with Crippen LogP contribution in [0.15, 0.2) is 42.5 Å². The number of hydrogen-bond donors (Lipinski definition) is 0. The van der Waals surface area contributed by atoms with Crippen molar-refractivity contribution in [3.63, 3.8) is 0 Å². The zero-order valence-electron chi connectivity index (χ0n) is 19.8. The van der Waals surface area contributed by atoms with Crippen LogP contribution in [0.3, 0.4) is 0 Å². The molecule has 1 fully saturated rings. The van der Waals surface area contributed by atoms with Crippen molar-refractivity contribution in [2.24, 2.45) is 0 Å². The molecule has 4 aromatic rings. The van der Waals surface area contributed by atoms with Crippen LogP contribution in [0.4, 0.5) is 11.5 Å². The summed E-state index contributed by atoms with van der Waals surface area (Å²) >= 11 is 6.05. The van der Waals surface area contributed by atoms with E-state index in [4.69, 9.17) is 26.7 Å². The van der Waals surface area contributed by atoms with Gasteiger partial charge in [-0.25, -0.2) is 4.98 Å². The molecule has 3 heterocycles. The van der Waals surface area contributed by atoms with Crippen LogP contribution in [0.2, 0.25) is 5.02 Å². The highest BCUT2D eigenvalue weighted by atomic mass is 35.5. The monoisotopic (exact) mass is 472 g/mol. The number of halogens is 1. The number of aryl methyl sites for hydroxylation is 3. The number of fused-ring (bicyclic) bond motifs is 2. The number of hydrogen-bond acceptors (Lipinski definition) is 5. The van der Waals surface area contributed by atoms with E-state index in [0.29, 0.717) is 6.42 Å². The summed E-state index contributed by atoms with van der Waals surface area (Å²) in [6, 6.07) is 14.7. The van der Waals surface area contributed by atoms with E-state index in [0.717, 1.165) is 67.6 Å². The Hall–Kier alpha value is -3.12. The van der Waals surface area contributed by atoms with Crippen LogP contribution < -0.4 is 9.80 Å². The summed E-state index contributed by atoms with van der Waals surface area (Å²) in [5, 5.41) is 5.68. The van der Waals surface area contributed by atoms with Gasteiger partial charge < -0.3 is 9.80 Å². The first-order valence-corrected chi connectivity index (χ1v) is 12.5. The van der Waals surface area contributed by atoms with Gasteiger partial charge in [-0.1, -0.05) is 41.4 Å². The SMILES string of the molecule is Cc1ccc(N2CCN(c3c4c(nc5nc(Cc6ccc(Cl)cc6)nn35)CCC4)CC2)c(C)c1. The molecule has 1 aliphatic heterocycles. The molecule has 0 bridgehead atoms. The summed E-state index contributed by atoms with van der Waals surface area (Å²) in [6.45, 7) is 8.29. The molecule has 2 aliphatic rings. The Labute approximate surface area is 205 Å². The summed E-state index contributed by atoms with van der Waals surface area (Å²) in [4.78, 5) is 14.7. The number of benzene rings is 2. The summed E-state index contributed by atoms with van der Waals surface area (Å²) in [6.07, 6.45) is 3.92. The average Bonchev–Trinajstić information content (AvgIpc) is 3.45. The van der Waals surface area contributed by atoms with Gasteiger partial charge >= 0.3 is 0 Å². The minimum atomic E-state index is 0.672. The molecule has 6 nitrogen and oxygen atoms in total. The van der Waals surface area contributed by atoms with Gasteiger partial charge in [0.25, 0.3) is 5.78 Å². The maximum absolute atomic E-state index is 6.05. The molecule has 0 spiro atoms. The van der Waals surface area contributed by atoms with Crippen LogP contribution in [0.5, 0.6) is 0 Å². The molecule has 0 N–H and O–H groups in total. The van der Waals surface area contributed by atoms with Gasteiger partial charge in [0.05, 0.1) is 5.69 Å². The summed E-state index contributed by atoms with van der Waals surface area (Å²) in [7, 11) is 0.